The van der Waals surface area contributed by atoms with Crippen LogP contribution in [0.4, 0.5) is 9.18 Å². The molecule has 28 heteroatoms. The number of aryl methyl sites for hydroxylation is 1. The lowest BCUT2D eigenvalue weighted by molar-refractivity contribution is -0.172. The van der Waals surface area contributed by atoms with Crippen LogP contribution in [0.3, 0.4) is 0 Å². The van der Waals surface area contributed by atoms with E-state index in [9.17, 15) is 62.6 Å². The summed E-state index contributed by atoms with van der Waals surface area (Å²) in [5.74, 6) is -9.13. The first kappa shape index (κ1) is 65.5. The highest BCUT2D eigenvalue weighted by molar-refractivity contribution is 6.15. The number of nitrogens with zero attached hydrogens (tertiary/aromatic N) is 4. The Kier molecular flexibility index (Phi) is 19.5. The number of imide groups is 1. The fourth-order valence-electron chi connectivity index (χ4n) is 10.8. The standard InChI is InChI=1S/C61H71FN10O17/c1-10-61(85)37-21-42-52-35(26-71(42)56(82)36(37)29-86-57(61)83)51-39(17-16-34-31(2)38(62)22-40(68-52)50(34)51)69-53(79)32(3)87-30-66-45(74)24-64-54(80)41(20-33-14-12-11-13-15-33)67-46(75)25-63-44(73)23-65-55(81)43(72-47(76)18-19-48(72)77)27-70(58(84)89-60(7,8)9)28-49(78)88-59(4,5)6/h11-15,18-19,21-22,32,39,41,43,85H,10,16-17,20,23-30H2,1-9H3,(H,63,73)(H,64,80)(H,65,81)(H,66,74)(H,67,75)(H,69,79)/t32-,39-,41-,43-,61-/m0/s1. The number of aliphatic hydroxyl groups is 1. The number of carbonyl (C=O) groups is 11. The summed E-state index contributed by atoms with van der Waals surface area (Å²) < 4.78 is 38.7. The van der Waals surface area contributed by atoms with Crippen LogP contribution in [0.2, 0.25) is 0 Å². The van der Waals surface area contributed by atoms with Crippen molar-refractivity contribution in [2.45, 2.75) is 142 Å². The molecule has 474 valence electrons. The molecule has 4 aromatic rings. The Morgan fingerprint density at radius 1 is 0.831 bits per heavy atom. The minimum absolute atomic E-state index is 0.0197. The number of hydrogen-bond donors (Lipinski definition) is 7. The maximum atomic E-state index is 15.5. The molecule has 89 heavy (non-hydrogen) atoms. The second kappa shape index (κ2) is 26.5. The van der Waals surface area contributed by atoms with E-state index in [1.54, 1.807) is 91.8 Å². The number of fused-ring (bicyclic) bond motifs is 5. The Balaban J connectivity index is 0.851. The third-order valence-corrected chi connectivity index (χ3v) is 15.1. The molecule has 27 nitrogen and oxygen atoms in total. The monoisotopic (exact) mass is 1230 g/mol. The van der Waals surface area contributed by atoms with Crippen LogP contribution in [0, 0.1) is 12.7 Å². The second-order valence-corrected chi connectivity index (χ2v) is 23.8. The number of benzene rings is 2. The Hall–Kier alpha value is -9.44. The van der Waals surface area contributed by atoms with Crippen LogP contribution in [0.15, 0.2) is 59.4 Å². The maximum absolute atomic E-state index is 15.5. The molecule has 0 bridgehead atoms. The van der Waals surface area contributed by atoms with Crippen molar-refractivity contribution in [3.8, 4) is 11.4 Å². The van der Waals surface area contributed by atoms with Gasteiger partial charge >= 0.3 is 18.0 Å². The van der Waals surface area contributed by atoms with Gasteiger partial charge in [0.15, 0.2) is 5.60 Å². The summed E-state index contributed by atoms with van der Waals surface area (Å²) in [6.07, 6.45) is 0.105. The summed E-state index contributed by atoms with van der Waals surface area (Å²) in [5.41, 5.74) is -0.565. The van der Waals surface area contributed by atoms with E-state index in [0.29, 0.717) is 62.3 Å². The third-order valence-electron chi connectivity index (χ3n) is 15.1. The predicted molar refractivity (Wildman–Crippen MR) is 312 cm³/mol. The van der Waals surface area contributed by atoms with Gasteiger partial charge in [0.25, 0.3) is 17.4 Å². The number of halogens is 1. The highest BCUT2D eigenvalue weighted by Crippen LogP contribution is 2.46. The van der Waals surface area contributed by atoms with Gasteiger partial charge in [-0.1, -0.05) is 37.3 Å². The van der Waals surface area contributed by atoms with Crippen LogP contribution in [0.25, 0.3) is 22.3 Å². The molecule has 0 saturated heterocycles. The summed E-state index contributed by atoms with van der Waals surface area (Å²) in [6.45, 7) is 9.67. The second-order valence-electron chi connectivity index (χ2n) is 23.8. The highest BCUT2D eigenvalue weighted by atomic mass is 19.1. The first-order valence-corrected chi connectivity index (χ1v) is 28.8. The number of esters is 2. The Morgan fingerprint density at radius 3 is 2.12 bits per heavy atom. The maximum Gasteiger partial charge on any atom is 0.410 e. The summed E-state index contributed by atoms with van der Waals surface area (Å²) in [6, 6.07) is 7.59. The lowest BCUT2D eigenvalue weighted by Gasteiger charge is -2.32. The molecular formula is C61H71FN10O17. The van der Waals surface area contributed by atoms with Gasteiger partial charge in [0.1, 0.15) is 55.1 Å². The van der Waals surface area contributed by atoms with Crippen LogP contribution in [0.1, 0.15) is 113 Å². The molecule has 0 saturated carbocycles. The van der Waals surface area contributed by atoms with Gasteiger partial charge in [0.2, 0.25) is 35.4 Å². The third kappa shape index (κ3) is 14.9. The van der Waals surface area contributed by atoms with Gasteiger partial charge in [-0.15, -0.1) is 0 Å². The zero-order chi connectivity index (χ0) is 65.0. The summed E-state index contributed by atoms with van der Waals surface area (Å²) in [4.78, 5) is 166. The van der Waals surface area contributed by atoms with Gasteiger partial charge in [-0.3, -0.25) is 57.7 Å². The number of cyclic esters (lactones) is 1. The van der Waals surface area contributed by atoms with E-state index in [4.69, 9.17) is 23.9 Å². The smallest absolute Gasteiger partial charge is 0.410 e. The zero-order valence-electron chi connectivity index (χ0n) is 50.6. The summed E-state index contributed by atoms with van der Waals surface area (Å²) in [7, 11) is 0. The fourth-order valence-corrected chi connectivity index (χ4v) is 10.8. The number of aromatic nitrogens is 2. The zero-order valence-corrected chi connectivity index (χ0v) is 50.6. The van der Waals surface area contributed by atoms with Crippen LogP contribution in [-0.4, -0.2) is 159 Å². The van der Waals surface area contributed by atoms with Gasteiger partial charge < -0.3 is 60.5 Å². The molecule has 0 spiro atoms. The van der Waals surface area contributed by atoms with Crippen molar-refractivity contribution in [1.29, 1.82) is 0 Å². The number of nitrogens with one attached hydrogen (secondary N) is 6. The van der Waals surface area contributed by atoms with Crippen molar-refractivity contribution >= 4 is 76.2 Å². The minimum atomic E-state index is -2.08. The Morgan fingerprint density at radius 2 is 1.47 bits per heavy atom. The van der Waals surface area contributed by atoms with Crippen molar-refractivity contribution in [2.75, 3.05) is 39.5 Å². The topological polar surface area (TPSA) is 358 Å². The number of pyridine rings is 2. The van der Waals surface area contributed by atoms with Crippen molar-refractivity contribution in [1.82, 2.24) is 51.3 Å². The quantitative estimate of drug-likeness (QED) is 0.0220. The van der Waals surface area contributed by atoms with E-state index in [-0.39, 0.29) is 42.6 Å². The Bertz CT molecular complexity index is 3650. The van der Waals surface area contributed by atoms with E-state index in [1.165, 1.54) is 17.6 Å². The lowest BCUT2D eigenvalue weighted by atomic mass is 9.81. The summed E-state index contributed by atoms with van der Waals surface area (Å²) >= 11 is 0. The minimum Gasteiger partial charge on any atom is -0.459 e. The molecule has 5 atom stereocenters. The van der Waals surface area contributed by atoms with Crippen molar-refractivity contribution in [3.05, 3.63) is 110 Å². The molecule has 7 N–H and O–H groups in total. The number of ether oxygens (including phenoxy) is 4. The van der Waals surface area contributed by atoms with Gasteiger partial charge in [0.05, 0.1) is 61.2 Å². The first-order chi connectivity index (χ1) is 41.9. The molecule has 2 aromatic carbocycles. The summed E-state index contributed by atoms with van der Waals surface area (Å²) in [5, 5.41) is 27.1. The van der Waals surface area contributed by atoms with E-state index in [2.05, 4.69) is 31.9 Å². The number of rotatable bonds is 22. The molecule has 0 unspecified atom stereocenters. The highest BCUT2D eigenvalue weighted by Gasteiger charge is 2.46. The van der Waals surface area contributed by atoms with E-state index in [1.807, 2.05) is 0 Å². The molecule has 3 aliphatic heterocycles. The van der Waals surface area contributed by atoms with Crippen LogP contribution in [0.5, 0.6) is 0 Å². The number of amides is 9. The fraction of sp³-hybridized carbons (Fsp3) is 0.459. The molecular weight excluding hydrogens is 1160 g/mol. The Labute approximate surface area is 509 Å². The lowest BCUT2D eigenvalue weighted by Crippen LogP contribution is -2.57. The van der Waals surface area contributed by atoms with Gasteiger partial charge in [-0.05, 0) is 103 Å². The number of carbonyl (C=O) groups excluding carboxylic acids is 11. The molecule has 0 radical (unpaired) electrons. The molecule has 2 aromatic heterocycles. The molecule has 8 rings (SSSR count). The molecule has 9 amide bonds. The molecule has 0 fully saturated rings. The molecule has 4 aliphatic rings. The van der Waals surface area contributed by atoms with Gasteiger partial charge in [0, 0.05) is 41.2 Å². The van der Waals surface area contributed by atoms with Gasteiger partial charge in [-0.2, -0.15) is 0 Å². The van der Waals surface area contributed by atoms with E-state index < -0.39 is 157 Å². The normalized spacial score (nSPS) is 17.4. The van der Waals surface area contributed by atoms with E-state index in [0.717, 1.165) is 17.1 Å². The SMILES string of the molecule is CC[C@@]1(O)C(=O)OCc2c1cc1n(c2=O)Cc2c-1nc1cc(F)c(C)c3c1c2[C@@H](NC(=O)[C@H](C)OCNC(=O)CNC(=O)[C@H](Cc1ccccc1)NC(=O)CNC(=O)CNC(=O)[C@H](CN(CC(=O)OC(C)(C)C)C(=O)OC(C)(C)C)N1C(=O)C=CC1=O)CC3. The van der Waals surface area contributed by atoms with Crippen molar-refractivity contribution < 1.29 is 81.2 Å². The van der Waals surface area contributed by atoms with Crippen LogP contribution < -0.4 is 37.5 Å². The van der Waals surface area contributed by atoms with E-state index >= 15 is 4.39 Å². The van der Waals surface area contributed by atoms with Crippen LogP contribution in [-0.2, 0) is 98.5 Å². The van der Waals surface area contributed by atoms with Crippen LogP contribution >= 0.6 is 0 Å². The number of hydrogen-bond acceptors (Lipinski definition) is 18. The average Bonchev–Trinajstić information content (AvgIpc) is 1.64. The largest absolute Gasteiger partial charge is 0.459 e. The first-order valence-electron chi connectivity index (χ1n) is 28.8. The molecule has 1 aliphatic carbocycles. The average molecular weight is 1240 g/mol. The predicted octanol–water partition coefficient (Wildman–Crippen LogP) is 1.06. The van der Waals surface area contributed by atoms with Gasteiger partial charge in [-0.25, -0.2) is 19.0 Å². The van der Waals surface area contributed by atoms with Crippen molar-refractivity contribution in [3.63, 3.8) is 0 Å². The van der Waals surface area contributed by atoms with Crippen molar-refractivity contribution in [2.24, 2.45) is 0 Å². The molecule has 5 heterocycles.